The lowest BCUT2D eigenvalue weighted by Crippen LogP contribution is -2.05. The maximum Gasteiger partial charge on any atom is 0.161 e. The molecule has 0 saturated heterocycles. The van der Waals surface area contributed by atoms with E-state index in [1.165, 1.54) is 4.90 Å². The van der Waals surface area contributed by atoms with E-state index in [4.69, 9.17) is 4.98 Å². The summed E-state index contributed by atoms with van der Waals surface area (Å²) in [4.78, 5) is 10.6. The molecule has 4 heteroatoms. The predicted octanol–water partition coefficient (Wildman–Crippen LogP) is 4.81. The summed E-state index contributed by atoms with van der Waals surface area (Å²) >= 11 is 1.85. The highest BCUT2D eigenvalue weighted by Crippen LogP contribution is 2.24. The molecule has 1 aromatic heterocycles. The van der Waals surface area contributed by atoms with E-state index in [1.54, 1.807) is 0 Å². The van der Waals surface area contributed by atoms with Gasteiger partial charge in [-0.25, -0.2) is 9.97 Å². The quantitative estimate of drug-likeness (QED) is 0.777. The minimum Gasteiger partial charge on any atom is -0.370 e. The zero-order valence-electron chi connectivity index (χ0n) is 13.2. The van der Waals surface area contributed by atoms with Gasteiger partial charge in [-0.3, -0.25) is 0 Å². The van der Waals surface area contributed by atoms with Gasteiger partial charge in [0.25, 0.3) is 0 Å². The van der Waals surface area contributed by atoms with E-state index in [1.807, 2.05) is 17.8 Å². The summed E-state index contributed by atoms with van der Waals surface area (Å²) in [5.74, 6) is 3.17. The van der Waals surface area contributed by atoms with E-state index in [9.17, 15) is 0 Å². The molecule has 0 unspecified atom stereocenters. The second kappa shape index (κ2) is 7.46. The van der Waals surface area contributed by atoms with Crippen molar-refractivity contribution in [1.82, 2.24) is 9.97 Å². The van der Waals surface area contributed by atoms with Gasteiger partial charge in [0.15, 0.2) is 5.82 Å². The van der Waals surface area contributed by atoms with E-state index >= 15 is 0 Å². The molecular formula is C17H23N3S. The molecule has 0 aliphatic carbocycles. The van der Waals surface area contributed by atoms with Crippen LogP contribution in [0, 0.1) is 0 Å². The van der Waals surface area contributed by atoms with Crippen molar-refractivity contribution in [3.05, 3.63) is 36.0 Å². The van der Waals surface area contributed by atoms with Crippen LogP contribution in [0.4, 0.5) is 5.82 Å². The number of nitrogens with one attached hydrogen (secondary N) is 1. The molecule has 0 spiro atoms. The maximum absolute atomic E-state index is 4.70. The molecule has 0 aliphatic heterocycles. The molecule has 0 bridgehead atoms. The Labute approximate surface area is 131 Å². The summed E-state index contributed by atoms with van der Waals surface area (Å²) in [5.41, 5.74) is 2.14. The zero-order valence-corrected chi connectivity index (χ0v) is 14.0. The van der Waals surface area contributed by atoms with E-state index in [2.05, 4.69) is 62.3 Å². The Balaban J connectivity index is 2.36. The van der Waals surface area contributed by atoms with Crippen LogP contribution in [-0.2, 0) is 0 Å². The normalized spacial score (nSPS) is 10.9. The standard InChI is InChI=1S/C17H23N3S/c1-5-18-16-11-15(12(3)4)19-17(20-16)13-7-9-14(10-8-13)21-6-2/h7-12H,5-6H2,1-4H3,(H,18,19,20). The first-order valence-corrected chi connectivity index (χ1v) is 8.48. The lowest BCUT2D eigenvalue weighted by molar-refractivity contribution is 0.817. The Bertz CT molecular complexity index is 579. The lowest BCUT2D eigenvalue weighted by Gasteiger charge is -2.11. The Hall–Kier alpha value is -1.55. The van der Waals surface area contributed by atoms with Gasteiger partial charge in [0.2, 0.25) is 0 Å². The van der Waals surface area contributed by atoms with E-state index in [-0.39, 0.29) is 0 Å². The van der Waals surface area contributed by atoms with Crippen LogP contribution in [0.1, 0.15) is 39.3 Å². The Morgan fingerprint density at radius 2 is 1.81 bits per heavy atom. The molecule has 0 amide bonds. The highest BCUT2D eigenvalue weighted by Gasteiger charge is 2.09. The zero-order chi connectivity index (χ0) is 15.2. The van der Waals surface area contributed by atoms with Crippen LogP contribution < -0.4 is 5.32 Å². The summed E-state index contributed by atoms with van der Waals surface area (Å²) in [6.07, 6.45) is 0. The summed E-state index contributed by atoms with van der Waals surface area (Å²) in [5, 5.41) is 3.29. The van der Waals surface area contributed by atoms with Gasteiger partial charge in [0.05, 0.1) is 0 Å². The second-order valence-corrected chi connectivity index (χ2v) is 6.48. The first-order valence-electron chi connectivity index (χ1n) is 7.50. The number of thioether (sulfide) groups is 1. The van der Waals surface area contributed by atoms with Gasteiger partial charge in [0, 0.05) is 28.8 Å². The van der Waals surface area contributed by atoms with Crippen molar-refractivity contribution in [2.75, 3.05) is 17.6 Å². The van der Waals surface area contributed by atoms with E-state index in [0.29, 0.717) is 5.92 Å². The number of hydrogen-bond donors (Lipinski definition) is 1. The van der Waals surface area contributed by atoms with Gasteiger partial charge < -0.3 is 5.32 Å². The molecule has 0 atom stereocenters. The summed E-state index contributed by atoms with van der Waals surface area (Å²) in [7, 11) is 0. The molecule has 2 aromatic rings. The van der Waals surface area contributed by atoms with Crippen molar-refractivity contribution < 1.29 is 0 Å². The van der Waals surface area contributed by atoms with Gasteiger partial charge >= 0.3 is 0 Å². The monoisotopic (exact) mass is 301 g/mol. The number of hydrogen-bond acceptors (Lipinski definition) is 4. The van der Waals surface area contributed by atoms with Gasteiger partial charge in [-0.2, -0.15) is 0 Å². The van der Waals surface area contributed by atoms with Crippen LogP contribution in [0.5, 0.6) is 0 Å². The number of aromatic nitrogens is 2. The molecule has 0 radical (unpaired) electrons. The van der Waals surface area contributed by atoms with Gasteiger partial charge in [-0.15, -0.1) is 11.8 Å². The molecule has 3 nitrogen and oxygen atoms in total. The SMILES string of the molecule is CCNc1cc(C(C)C)nc(-c2ccc(SCC)cc2)n1. The predicted molar refractivity (Wildman–Crippen MR) is 92.1 cm³/mol. The van der Waals surface area contributed by atoms with Crippen molar-refractivity contribution in [2.24, 2.45) is 0 Å². The average molecular weight is 301 g/mol. The average Bonchev–Trinajstić information content (AvgIpc) is 2.48. The fourth-order valence-corrected chi connectivity index (χ4v) is 2.69. The van der Waals surface area contributed by atoms with Crippen molar-refractivity contribution in [1.29, 1.82) is 0 Å². The van der Waals surface area contributed by atoms with Crippen LogP contribution in [0.15, 0.2) is 35.2 Å². The van der Waals surface area contributed by atoms with Crippen LogP contribution in [-0.4, -0.2) is 22.3 Å². The summed E-state index contributed by atoms with van der Waals surface area (Å²) in [6.45, 7) is 9.41. The third-order valence-electron chi connectivity index (χ3n) is 3.12. The molecule has 1 aromatic carbocycles. The van der Waals surface area contributed by atoms with Crippen molar-refractivity contribution >= 4 is 17.6 Å². The molecule has 2 rings (SSSR count). The van der Waals surface area contributed by atoms with Crippen LogP contribution >= 0.6 is 11.8 Å². The van der Waals surface area contributed by atoms with E-state index in [0.717, 1.165) is 35.2 Å². The molecular weight excluding hydrogens is 278 g/mol. The van der Waals surface area contributed by atoms with Crippen LogP contribution in [0.3, 0.4) is 0 Å². The maximum atomic E-state index is 4.70. The molecule has 112 valence electrons. The fraction of sp³-hybridized carbons (Fsp3) is 0.412. The third kappa shape index (κ3) is 4.21. The van der Waals surface area contributed by atoms with Crippen molar-refractivity contribution in [3.63, 3.8) is 0 Å². The van der Waals surface area contributed by atoms with Crippen LogP contribution in [0.25, 0.3) is 11.4 Å². The first kappa shape index (κ1) is 15.8. The largest absolute Gasteiger partial charge is 0.370 e. The smallest absolute Gasteiger partial charge is 0.161 e. The molecule has 1 heterocycles. The van der Waals surface area contributed by atoms with Gasteiger partial charge in [0.1, 0.15) is 5.82 Å². The summed E-state index contributed by atoms with van der Waals surface area (Å²) < 4.78 is 0. The highest BCUT2D eigenvalue weighted by molar-refractivity contribution is 7.99. The Morgan fingerprint density at radius 3 is 2.38 bits per heavy atom. The Morgan fingerprint density at radius 1 is 1.10 bits per heavy atom. The lowest BCUT2D eigenvalue weighted by atomic mass is 10.1. The number of nitrogens with zero attached hydrogens (tertiary/aromatic N) is 2. The second-order valence-electron chi connectivity index (χ2n) is 5.14. The van der Waals surface area contributed by atoms with Gasteiger partial charge in [-0.1, -0.05) is 32.9 Å². The van der Waals surface area contributed by atoms with Crippen molar-refractivity contribution in [2.45, 2.75) is 38.5 Å². The number of benzene rings is 1. The summed E-state index contributed by atoms with van der Waals surface area (Å²) in [6, 6.07) is 10.5. The molecule has 0 fully saturated rings. The first-order chi connectivity index (χ1) is 10.1. The highest BCUT2D eigenvalue weighted by atomic mass is 32.2. The van der Waals surface area contributed by atoms with Gasteiger partial charge in [-0.05, 0) is 30.7 Å². The minimum atomic E-state index is 0.388. The Kier molecular flexibility index (Phi) is 5.62. The number of rotatable bonds is 6. The molecule has 21 heavy (non-hydrogen) atoms. The van der Waals surface area contributed by atoms with Crippen molar-refractivity contribution in [3.8, 4) is 11.4 Å². The molecule has 0 saturated carbocycles. The third-order valence-corrected chi connectivity index (χ3v) is 4.01. The van der Waals surface area contributed by atoms with E-state index < -0.39 is 0 Å². The fourth-order valence-electron chi connectivity index (χ4n) is 2.03. The molecule has 1 N–H and O–H groups in total. The van der Waals surface area contributed by atoms with Crippen LogP contribution in [0.2, 0.25) is 0 Å². The number of anilines is 1. The minimum absolute atomic E-state index is 0.388. The topological polar surface area (TPSA) is 37.8 Å². The molecule has 0 aliphatic rings.